The molecule has 0 N–H and O–H groups in total. The van der Waals surface area contributed by atoms with Crippen LogP contribution in [0.1, 0.15) is 66.2 Å². The molecule has 0 bridgehead atoms. The Bertz CT molecular complexity index is 298. The van der Waals surface area contributed by atoms with E-state index >= 15 is 0 Å². The van der Waals surface area contributed by atoms with Gasteiger partial charge in [0.15, 0.2) is 11.1 Å². The first-order chi connectivity index (χ1) is 8.33. The normalized spacial score (nSPS) is 16.3. The van der Waals surface area contributed by atoms with Crippen molar-refractivity contribution in [2.75, 3.05) is 0 Å². The Balaban J connectivity index is 0.000000397. The predicted molar refractivity (Wildman–Crippen MR) is 71.9 cm³/mol. The number of nitriles is 2. The minimum absolute atomic E-state index is 0.839. The second-order valence-electron chi connectivity index (χ2n) is 5.66. The molecule has 0 atom stereocenters. The summed E-state index contributed by atoms with van der Waals surface area (Å²) in [6, 6.07) is 3.94. The van der Waals surface area contributed by atoms with Gasteiger partial charge >= 0.3 is 0 Å². The van der Waals surface area contributed by atoms with E-state index in [4.69, 9.17) is 10.5 Å². The van der Waals surface area contributed by atoms with Crippen molar-refractivity contribution in [3.8, 4) is 12.1 Å². The van der Waals surface area contributed by atoms with E-state index in [1.165, 1.54) is 38.5 Å². The highest BCUT2D eigenvalue weighted by molar-refractivity contribution is 5.03. The van der Waals surface area contributed by atoms with Gasteiger partial charge in [-0.3, -0.25) is 0 Å². The van der Waals surface area contributed by atoms with Crippen molar-refractivity contribution >= 4 is 0 Å². The van der Waals surface area contributed by atoms with Gasteiger partial charge in [-0.25, -0.2) is 0 Å². The van der Waals surface area contributed by atoms with Crippen LogP contribution in [0.2, 0.25) is 0 Å². The molecule has 0 aromatic heterocycles. The lowest BCUT2D eigenvalue weighted by atomic mass is 10.0. The highest BCUT2D eigenvalue weighted by Crippen LogP contribution is 2.15. The maximum atomic E-state index is 8.58. The number of azo groups is 1. The summed E-state index contributed by atoms with van der Waals surface area (Å²) in [5, 5.41) is 24.7. The molecular weight excluding hydrogens is 224 g/mol. The van der Waals surface area contributed by atoms with Crippen molar-refractivity contribution in [3.63, 3.8) is 0 Å². The Morgan fingerprint density at radius 2 is 0.889 bits per heavy atom. The van der Waals surface area contributed by atoms with Crippen LogP contribution in [-0.4, -0.2) is 11.1 Å². The molecule has 0 aromatic rings. The van der Waals surface area contributed by atoms with Gasteiger partial charge in [0.2, 0.25) is 0 Å². The molecule has 4 nitrogen and oxygen atoms in total. The lowest BCUT2D eigenvalue weighted by molar-refractivity contribution is 0.504. The van der Waals surface area contributed by atoms with Crippen molar-refractivity contribution in [2.45, 2.75) is 77.3 Å². The van der Waals surface area contributed by atoms with Crippen LogP contribution in [0.25, 0.3) is 0 Å². The molecule has 0 radical (unpaired) electrons. The van der Waals surface area contributed by atoms with Crippen molar-refractivity contribution in [1.82, 2.24) is 0 Å². The maximum absolute atomic E-state index is 8.58. The maximum Gasteiger partial charge on any atom is 0.162 e. The highest BCUT2D eigenvalue weighted by atomic mass is 15.2. The molecule has 0 saturated heterocycles. The van der Waals surface area contributed by atoms with E-state index in [1.54, 1.807) is 27.7 Å². The van der Waals surface area contributed by atoms with Crippen LogP contribution in [0.4, 0.5) is 0 Å². The van der Waals surface area contributed by atoms with E-state index in [-0.39, 0.29) is 0 Å². The summed E-state index contributed by atoms with van der Waals surface area (Å²) in [5.41, 5.74) is -1.68. The lowest BCUT2D eigenvalue weighted by Gasteiger charge is -2.11. The molecule has 0 unspecified atom stereocenters. The molecule has 0 aromatic carbocycles. The largest absolute Gasteiger partial charge is 0.196 e. The summed E-state index contributed by atoms with van der Waals surface area (Å²) in [5.74, 6) is 0. The fourth-order valence-electron chi connectivity index (χ4n) is 1.36. The first-order valence-corrected chi connectivity index (χ1v) is 6.59. The van der Waals surface area contributed by atoms with Gasteiger partial charge in [0.1, 0.15) is 0 Å². The van der Waals surface area contributed by atoms with Gasteiger partial charge in [-0.1, -0.05) is 38.5 Å². The van der Waals surface area contributed by atoms with Gasteiger partial charge in [-0.2, -0.15) is 20.8 Å². The molecule has 1 aliphatic rings. The fourth-order valence-corrected chi connectivity index (χ4v) is 1.36. The fraction of sp³-hybridized carbons (Fsp3) is 0.857. The minimum atomic E-state index is -0.839. The molecule has 1 saturated carbocycles. The smallest absolute Gasteiger partial charge is 0.162 e. The monoisotopic (exact) mass is 248 g/mol. The van der Waals surface area contributed by atoms with Crippen LogP contribution in [-0.2, 0) is 0 Å². The zero-order chi connectivity index (χ0) is 14.1. The van der Waals surface area contributed by atoms with Crippen LogP contribution in [0.3, 0.4) is 0 Å². The zero-order valence-electron chi connectivity index (χ0n) is 12.0. The lowest BCUT2D eigenvalue weighted by Crippen LogP contribution is -2.17. The van der Waals surface area contributed by atoms with Crippen molar-refractivity contribution in [3.05, 3.63) is 0 Å². The van der Waals surface area contributed by atoms with Gasteiger partial charge in [0.05, 0.1) is 12.1 Å². The summed E-state index contributed by atoms with van der Waals surface area (Å²) in [4.78, 5) is 0. The summed E-state index contributed by atoms with van der Waals surface area (Å²) in [6.45, 7) is 6.57. The molecule has 0 spiro atoms. The number of rotatable bonds is 2. The molecule has 18 heavy (non-hydrogen) atoms. The van der Waals surface area contributed by atoms with Crippen LogP contribution in [0.5, 0.6) is 0 Å². The molecule has 4 heteroatoms. The van der Waals surface area contributed by atoms with Gasteiger partial charge in [0, 0.05) is 0 Å². The van der Waals surface area contributed by atoms with Crippen LogP contribution >= 0.6 is 0 Å². The van der Waals surface area contributed by atoms with E-state index in [0.717, 1.165) is 0 Å². The molecule has 1 rings (SSSR count). The average molecular weight is 248 g/mol. The van der Waals surface area contributed by atoms with Gasteiger partial charge in [0.25, 0.3) is 0 Å². The van der Waals surface area contributed by atoms with Gasteiger partial charge < -0.3 is 0 Å². The Kier molecular flexibility index (Phi) is 7.20. The topological polar surface area (TPSA) is 72.3 Å². The Hall–Kier alpha value is -1.42. The Morgan fingerprint density at radius 1 is 0.667 bits per heavy atom. The summed E-state index contributed by atoms with van der Waals surface area (Å²) < 4.78 is 0. The van der Waals surface area contributed by atoms with Gasteiger partial charge in [-0.15, -0.1) is 0 Å². The van der Waals surface area contributed by atoms with E-state index in [0.29, 0.717) is 0 Å². The molecule has 100 valence electrons. The van der Waals surface area contributed by atoms with Crippen LogP contribution in [0, 0.1) is 22.7 Å². The molecule has 1 aliphatic carbocycles. The molecule has 0 heterocycles. The third kappa shape index (κ3) is 8.70. The van der Waals surface area contributed by atoms with E-state index in [9.17, 15) is 0 Å². The second kappa shape index (κ2) is 7.82. The quantitative estimate of drug-likeness (QED) is 0.680. The van der Waals surface area contributed by atoms with Crippen molar-refractivity contribution in [1.29, 1.82) is 10.5 Å². The highest BCUT2D eigenvalue weighted by Gasteiger charge is 2.19. The molecule has 0 aliphatic heterocycles. The Morgan fingerprint density at radius 3 is 1.06 bits per heavy atom. The first-order valence-electron chi connectivity index (χ1n) is 6.59. The SMILES string of the molecule is C1CCCCC1.CC(C)(C#N)/N=N/C(C)(C)C#N. The van der Waals surface area contributed by atoms with Crippen molar-refractivity contribution in [2.24, 2.45) is 10.2 Å². The first kappa shape index (κ1) is 16.6. The minimum Gasteiger partial charge on any atom is -0.196 e. The third-order valence-corrected chi connectivity index (χ3v) is 2.60. The predicted octanol–water partition coefficient (Wildman–Crippen LogP) is 4.38. The van der Waals surface area contributed by atoms with Crippen LogP contribution < -0.4 is 0 Å². The van der Waals surface area contributed by atoms with E-state index in [2.05, 4.69) is 10.2 Å². The standard InChI is InChI=1S/C8H12N4.C6H12/c1-7(2,5-9)11-12-8(3,4)6-10;1-2-4-6-5-3-1/h1-4H3;1-6H2/b12-11+;. The summed E-state index contributed by atoms with van der Waals surface area (Å²) >= 11 is 0. The summed E-state index contributed by atoms with van der Waals surface area (Å²) in [6.07, 6.45) is 9.00. The Labute approximate surface area is 111 Å². The van der Waals surface area contributed by atoms with Gasteiger partial charge in [-0.05, 0) is 27.7 Å². The third-order valence-electron chi connectivity index (χ3n) is 2.60. The number of nitrogens with zero attached hydrogens (tertiary/aromatic N) is 4. The van der Waals surface area contributed by atoms with E-state index < -0.39 is 11.1 Å². The van der Waals surface area contributed by atoms with Crippen LogP contribution in [0.15, 0.2) is 10.2 Å². The molecular formula is C14H24N4. The summed E-state index contributed by atoms with van der Waals surface area (Å²) in [7, 11) is 0. The average Bonchev–Trinajstić information content (AvgIpc) is 2.40. The number of hydrogen-bond acceptors (Lipinski definition) is 4. The van der Waals surface area contributed by atoms with E-state index in [1.807, 2.05) is 12.1 Å². The zero-order valence-corrected chi connectivity index (χ0v) is 12.0. The second-order valence-corrected chi connectivity index (χ2v) is 5.66. The molecule has 1 fully saturated rings. The van der Waals surface area contributed by atoms with Crippen molar-refractivity contribution < 1.29 is 0 Å². The molecule has 0 amide bonds. The number of hydrogen-bond donors (Lipinski definition) is 0.